The van der Waals surface area contributed by atoms with E-state index in [0.717, 1.165) is 0 Å². The molecule has 1 fully saturated rings. The van der Waals surface area contributed by atoms with Gasteiger partial charge >= 0.3 is 17.9 Å². The van der Waals surface area contributed by atoms with Crippen LogP contribution in [0, 0.1) is 0 Å². The van der Waals surface area contributed by atoms with Crippen LogP contribution in [0.5, 0.6) is 0 Å². The molecule has 28 heavy (non-hydrogen) atoms. The van der Waals surface area contributed by atoms with Crippen LogP contribution in [0.4, 0.5) is 0 Å². The summed E-state index contributed by atoms with van der Waals surface area (Å²) in [5.74, 6) is -2.83. The topological polar surface area (TPSA) is 142 Å². The third-order valence-corrected chi connectivity index (χ3v) is 4.56. The third kappa shape index (κ3) is 10.9. The number of hydrogen-bond donors (Lipinski definition) is 3. The predicted octanol–water partition coefficient (Wildman–Crippen LogP) is -1.95. The van der Waals surface area contributed by atoms with Gasteiger partial charge in [0.2, 0.25) is 0 Å². The van der Waals surface area contributed by atoms with Crippen molar-refractivity contribution in [1.29, 1.82) is 0 Å². The highest BCUT2D eigenvalue weighted by atomic mass is 16.4. The molecule has 0 spiro atoms. The van der Waals surface area contributed by atoms with Gasteiger partial charge in [0.25, 0.3) is 0 Å². The van der Waals surface area contributed by atoms with Gasteiger partial charge < -0.3 is 25.0 Å². The lowest BCUT2D eigenvalue weighted by Gasteiger charge is -2.26. The van der Waals surface area contributed by atoms with E-state index in [9.17, 15) is 19.2 Å². The molecule has 0 aromatic rings. The first kappa shape index (κ1) is 24.0. The van der Waals surface area contributed by atoms with Crippen molar-refractivity contribution in [3.63, 3.8) is 0 Å². The summed E-state index contributed by atoms with van der Waals surface area (Å²) in [6, 6.07) is 0. The molecule has 0 aliphatic carbocycles. The van der Waals surface area contributed by atoms with E-state index in [0.29, 0.717) is 65.1 Å². The number of rotatable bonds is 12. The molecule has 1 rings (SSSR count). The Hall–Kier alpha value is -2.08. The lowest BCUT2D eigenvalue weighted by molar-refractivity contribution is -0.140. The smallest absolute Gasteiger partial charge is 0.317 e. The quantitative estimate of drug-likeness (QED) is 0.314. The van der Waals surface area contributed by atoms with Crippen molar-refractivity contribution in [3.8, 4) is 0 Å². The second-order valence-corrected chi connectivity index (χ2v) is 6.83. The van der Waals surface area contributed by atoms with Gasteiger partial charge in [0.1, 0.15) is 6.29 Å². The van der Waals surface area contributed by atoms with E-state index in [1.165, 1.54) is 0 Å². The van der Waals surface area contributed by atoms with Crippen molar-refractivity contribution in [3.05, 3.63) is 0 Å². The molecule has 1 aliphatic heterocycles. The number of carbonyl (C=O) groups is 4. The van der Waals surface area contributed by atoms with Crippen molar-refractivity contribution in [2.45, 2.75) is 6.42 Å². The predicted molar refractivity (Wildman–Crippen MR) is 99.3 cm³/mol. The Bertz CT molecular complexity index is 504. The Morgan fingerprint density at radius 3 is 1.64 bits per heavy atom. The van der Waals surface area contributed by atoms with E-state index in [1.54, 1.807) is 14.7 Å². The maximum Gasteiger partial charge on any atom is 0.317 e. The highest BCUT2D eigenvalue weighted by Crippen LogP contribution is 2.03. The summed E-state index contributed by atoms with van der Waals surface area (Å²) >= 11 is 0. The third-order valence-electron chi connectivity index (χ3n) is 4.56. The van der Waals surface area contributed by atoms with Crippen LogP contribution in [0.25, 0.3) is 0 Å². The first-order chi connectivity index (χ1) is 13.3. The molecule has 11 nitrogen and oxygen atoms in total. The fourth-order valence-corrected chi connectivity index (χ4v) is 3.16. The minimum absolute atomic E-state index is 0.0606. The summed E-state index contributed by atoms with van der Waals surface area (Å²) in [5.41, 5.74) is 0. The zero-order valence-electron chi connectivity index (χ0n) is 16.0. The van der Waals surface area contributed by atoms with Gasteiger partial charge in [-0.2, -0.15) is 0 Å². The highest BCUT2D eigenvalue weighted by molar-refractivity contribution is 5.70. The van der Waals surface area contributed by atoms with Gasteiger partial charge in [-0.05, 0) is 13.0 Å². The van der Waals surface area contributed by atoms with Crippen LogP contribution >= 0.6 is 0 Å². The molecule has 1 heterocycles. The first-order valence-electron chi connectivity index (χ1n) is 9.28. The maximum atomic E-state index is 11.0. The molecule has 0 saturated carbocycles. The molecule has 11 heteroatoms. The lowest BCUT2D eigenvalue weighted by atomic mass is 10.3. The Labute approximate surface area is 164 Å². The fraction of sp³-hybridized carbons (Fsp3) is 0.765. The maximum absolute atomic E-state index is 11.0. The number of carboxylic acid groups (broad SMARTS) is 3. The fourth-order valence-electron chi connectivity index (χ4n) is 3.16. The second kappa shape index (κ2) is 13.2. The van der Waals surface area contributed by atoms with Crippen LogP contribution in [0.15, 0.2) is 0 Å². The second-order valence-electron chi connectivity index (χ2n) is 6.83. The number of hydrogen-bond acceptors (Lipinski definition) is 8. The summed E-state index contributed by atoms with van der Waals surface area (Å²) in [7, 11) is 0. The average Bonchev–Trinajstić information content (AvgIpc) is 2.66. The number of carboxylic acids is 3. The summed E-state index contributed by atoms with van der Waals surface area (Å²) in [6.07, 6.45) is 1.33. The number of nitrogens with zero attached hydrogens (tertiary/aromatic N) is 4. The molecule has 3 N–H and O–H groups in total. The van der Waals surface area contributed by atoms with Crippen LogP contribution in [0.3, 0.4) is 0 Å². The lowest BCUT2D eigenvalue weighted by Crippen LogP contribution is -2.40. The SMILES string of the molecule is O=CCN(CCCN1CCN(CC(=O)O)CCN(CC(=O)O)CC1)CC(=O)O. The van der Waals surface area contributed by atoms with E-state index >= 15 is 0 Å². The standard InChI is InChI=1S/C17H30N4O7/c22-11-10-19(12-15(23)24)3-1-2-18-4-6-20(13-16(25)26)8-9-21(7-5-18)14-17(27)28/h11H,1-10,12-14H2,(H,23,24)(H,25,26)(H,27,28). The van der Waals surface area contributed by atoms with Gasteiger partial charge in [-0.3, -0.25) is 29.1 Å². The van der Waals surface area contributed by atoms with Crippen molar-refractivity contribution in [2.24, 2.45) is 0 Å². The largest absolute Gasteiger partial charge is 0.480 e. The number of carbonyl (C=O) groups excluding carboxylic acids is 1. The molecule has 0 aromatic heterocycles. The number of aliphatic carboxylic acids is 3. The zero-order chi connectivity index (χ0) is 20.9. The molecule has 0 atom stereocenters. The molecule has 0 amide bonds. The van der Waals surface area contributed by atoms with Gasteiger partial charge in [0.05, 0.1) is 26.2 Å². The van der Waals surface area contributed by atoms with Crippen LogP contribution in [0.2, 0.25) is 0 Å². The normalized spacial score (nSPS) is 17.6. The van der Waals surface area contributed by atoms with E-state index in [-0.39, 0.29) is 26.2 Å². The van der Waals surface area contributed by atoms with Gasteiger partial charge in [0, 0.05) is 45.8 Å². The first-order valence-corrected chi connectivity index (χ1v) is 9.28. The molecule has 1 aliphatic rings. The molecule has 160 valence electrons. The Balaban J connectivity index is 2.61. The van der Waals surface area contributed by atoms with Crippen molar-refractivity contribution in [2.75, 3.05) is 78.5 Å². The summed E-state index contributed by atoms with van der Waals surface area (Å²) in [6.45, 7) is 4.14. The molecule has 0 radical (unpaired) electrons. The van der Waals surface area contributed by atoms with E-state index in [1.807, 2.05) is 0 Å². The van der Waals surface area contributed by atoms with E-state index in [4.69, 9.17) is 15.3 Å². The van der Waals surface area contributed by atoms with Crippen molar-refractivity contribution in [1.82, 2.24) is 19.6 Å². The minimum Gasteiger partial charge on any atom is -0.480 e. The molecule has 0 aromatic carbocycles. The summed E-state index contributed by atoms with van der Waals surface area (Å²) in [5, 5.41) is 27.0. The molecule has 1 saturated heterocycles. The van der Waals surface area contributed by atoms with Crippen LogP contribution in [-0.4, -0.2) is 138 Å². The molecule has 0 bridgehead atoms. The Morgan fingerprint density at radius 1 is 0.786 bits per heavy atom. The number of aldehydes is 1. The van der Waals surface area contributed by atoms with E-state index < -0.39 is 17.9 Å². The Kier molecular flexibility index (Phi) is 11.3. The highest BCUT2D eigenvalue weighted by Gasteiger charge is 2.19. The zero-order valence-corrected chi connectivity index (χ0v) is 16.0. The average molecular weight is 402 g/mol. The molecular formula is C17H30N4O7. The minimum atomic E-state index is -0.988. The van der Waals surface area contributed by atoms with Crippen molar-refractivity contribution >= 4 is 24.2 Å². The Morgan fingerprint density at radius 2 is 1.25 bits per heavy atom. The summed E-state index contributed by atoms with van der Waals surface area (Å²) in [4.78, 5) is 50.9. The monoisotopic (exact) mass is 402 g/mol. The van der Waals surface area contributed by atoms with Crippen LogP contribution in [0.1, 0.15) is 6.42 Å². The van der Waals surface area contributed by atoms with Crippen molar-refractivity contribution < 1.29 is 34.5 Å². The van der Waals surface area contributed by atoms with Crippen LogP contribution < -0.4 is 0 Å². The van der Waals surface area contributed by atoms with Gasteiger partial charge in [-0.25, -0.2) is 0 Å². The van der Waals surface area contributed by atoms with Crippen LogP contribution in [-0.2, 0) is 19.2 Å². The summed E-state index contributed by atoms with van der Waals surface area (Å²) < 4.78 is 0. The van der Waals surface area contributed by atoms with Gasteiger partial charge in [-0.15, -0.1) is 0 Å². The molecular weight excluding hydrogens is 372 g/mol. The molecule has 0 unspecified atom stereocenters. The van der Waals surface area contributed by atoms with E-state index in [2.05, 4.69) is 4.90 Å². The van der Waals surface area contributed by atoms with Gasteiger partial charge in [-0.1, -0.05) is 0 Å². The van der Waals surface area contributed by atoms with Gasteiger partial charge in [0.15, 0.2) is 0 Å².